The van der Waals surface area contributed by atoms with E-state index in [9.17, 15) is 13.2 Å². The molecule has 1 aromatic carbocycles. The summed E-state index contributed by atoms with van der Waals surface area (Å²) in [5.41, 5.74) is 6.14. The number of carbonyl (C=O) groups excluding carboxylic acids is 1. The van der Waals surface area contributed by atoms with Crippen molar-refractivity contribution in [2.75, 3.05) is 11.1 Å². The number of thiazole rings is 1. The summed E-state index contributed by atoms with van der Waals surface area (Å²) in [6.07, 6.45) is 0.00660. The molecule has 0 aliphatic carbocycles. The van der Waals surface area contributed by atoms with E-state index in [0.29, 0.717) is 10.8 Å². The van der Waals surface area contributed by atoms with Crippen molar-refractivity contribution in [2.24, 2.45) is 5.14 Å². The van der Waals surface area contributed by atoms with Crippen molar-refractivity contribution in [1.82, 2.24) is 4.98 Å². The molecule has 0 saturated carbocycles. The number of benzene rings is 1. The predicted molar refractivity (Wildman–Crippen MR) is 76.7 cm³/mol. The second-order valence-electron chi connectivity index (χ2n) is 3.94. The van der Waals surface area contributed by atoms with E-state index in [2.05, 4.69) is 10.3 Å². The van der Waals surface area contributed by atoms with E-state index in [1.807, 2.05) is 0 Å². The summed E-state index contributed by atoms with van der Waals surface area (Å²) in [7, 11) is -3.90. The van der Waals surface area contributed by atoms with Crippen LogP contribution in [0.1, 0.15) is 5.69 Å². The van der Waals surface area contributed by atoms with Gasteiger partial charge in [0.1, 0.15) is 4.90 Å². The van der Waals surface area contributed by atoms with E-state index >= 15 is 0 Å². The van der Waals surface area contributed by atoms with E-state index in [4.69, 9.17) is 10.9 Å². The first kappa shape index (κ1) is 14.4. The van der Waals surface area contributed by atoms with Gasteiger partial charge in [0.15, 0.2) is 5.13 Å². The van der Waals surface area contributed by atoms with Gasteiger partial charge in [0, 0.05) is 5.38 Å². The fraction of sp³-hybridized carbons (Fsp3) is 0.0909. The molecule has 0 unspecified atom stereocenters. The molecular formula is C11H12N4O3S2. The van der Waals surface area contributed by atoms with E-state index in [-0.39, 0.29) is 17.0 Å². The van der Waals surface area contributed by atoms with E-state index < -0.39 is 15.9 Å². The number of nitrogens with two attached hydrogens (primary N) is 2. The highest BCUT2D eigenvalue weighted by Crippen LogP contribution is 2.19. The number of nitrogens with zero attached hydrogens (tertiary/aromatic N) is 1. The average Bonchev–Trinajstić information content (AvgIpc) is 2.73. The first-order chi connectivity index (χ1) is 9.36. The molecule has 0 saturated heterocycles. The zero-order valence-corrected chi connectivity index (χ0v) is 11.9. The standard InChI is InChI=1S/C11H12N4O3S2/c12-11-14-7(6-19-11)5-10(16)15-8-3-1-2-4-9(8)20(13,17)18/h1-4,6H,5H2,(H2,12,14)(H,15,16)(H2,13,17,18). The summed E-state index contributed by atoms with van der Waals surface area (Å²) >= 11 is 1.23. The third kappa shape index (κ3) is 3.53. The van der Waals surface area contributed by atoms with Crippen LogP contribution in [0.2, 0.25) is 0 Å². The molecule has 1 amide bonds. The topological polar surface area (TPSA) is 128 Å². The molecule has 0 fully saturated rings. The molecule has 1 aromatic heterocycles. The van der Waals surface area contributed by atoms with E-state index in [0.717, 1.165) is 0 Å². The number of sulfonamides is 1. The van der Waals surface area contributed by atoms with Gasteiger partial charge in [0.25, 0.3) is 0 Å². The number of nitrogens with one attached hydrogen (secondary N) is 1. The van der Waals surface area contributed by atoms with Crippen molar-refractivity contribution >= 4 is 38.1 Å². The van der Waals surface area contributed by atoms with E-state index in [1.165, 1.54) is 29.5 Å². The number of anilines is 2. The second-order valence-corrected chi connectivity index (χ2v) is 6.36. The monoisotopic (exact) mass is 312 g/mol. The smallest absolute Gasteiger partial charge is 0.240 e. The van der Waals surface area contributed by atoms with Gasteiger partial charge in [-0.15, -0.1) is 11.3 Å². The third-order valence-corrected chi connectivity index (χ3v) is 4.07. The number of para-hydroxylation sites is 1. The molecule has 0 spiro atoms. The fourth-order valence-electron chi connectivity index (χ4n) is 1.58. The molecule has 2 rings (SSSR count). The number of amides is 1. The molecule has 0 bridgehead atoms. The predicted octanol–water partition coefficient (Wildman–Crippen LogP) is 0.554. The van der Waals surface area contributed by atoms with Gasteiger partial charge in [0.05, 0.1) is 17.8 Å². The van der Waals surface area contributed by atoms with Crippen LogP contribution in [0.3, 0.4) is 0 Å². The molecule has 5 N–H and O–H groups in total. The normalized spacial score (nSPS) is 11.2. The molecule has 0 aliphatic rings. The molecule has 9 heteroatoms. The first-order valence-electron chi connectivity index (χ1n) is 5.48. The summed E-state index contributed by atoms with van der Waals surface area (Å²) in [5.74, 6) is -0.397. The number of carbonyl (C=O) groups is 1. The van der Waals surface area contributed by atoms with Crippen molar-refractivity contribution in [2.45, 2.75) is 11.3 Å². The molecule has 7 nitrogen and oxygen atoms in total. The van der Waals surface area contributed by atoms with Crippen LogP contribution < -0.4 is 16.2 Å². The SMILES string of the molecule is Nc1nc(CC(=O)Nc2ccccc2S(N)(=O)=O)cs1. The van der Waals surface area contributed by atoms with Crippen molar-refractivity contribution in [3.63, 3.8) is 0 Å². The fourth-order valence-corrected chi connectivity index (χ4v) is 2.84. The van der Waals surface area contributed by atoms with Gasteiger partial charge in [-0.25, -0.2) is 18.5 Å². The van der Waals surface area contributed by atoms with Crippen LogP contribution in [0.5, 0.6) is 0 Å². The molecule has 20 heavy (non-hydrogen) atoms. The Morgan fingerprint density at radius 3 is 2.65 bits per heavy atom. The molecule has 0 atom stereocenters. The van der Waals surface area contributed by atoms with Crippen LogP contribution >= 0.6 is 11.3 Å². The Labute approximate surface area is 119 Å². The van der Waals surface area contributed by atoms with Gasteiger partial charge in [-0.05, 0) is 12.1 Å². The Morgan fingerprint density at radius 2 is 2.05 bits per heavy atom. The molecule has 0 radical (unpaired) electrons. The number of rotatable bonds is 4. The van der Waals surface area contributed by atoms with Gasteiger partial charge in [-0.3, -0.25) is 4.79 Å². The largest absolute Gasteiger partial charge is 0.375 e. The summed E-state index contributed by atoms with van der Waals surface area (Å²) in [6.45, 7) is 0. The van der Waals surface area contributed by atoms with Gasteiger partial charge in [0.2, 0.25) is 15.9 Å². The Kier molecular flexibility index (Phi) is 4.02. The Balaban J connectivity index is 2.16. The molecule has 106 valence electrons. The lowest BCUT2D eigenvalue weighted by molar-refractivity contribution is -0.115. The lowest BCUT2D eigenvalue weighted by Gasteiger charge is -2.08. The van der Waals surface area contributed by atoms with Crippen LogP contribution in [-0.4, -0.2) is 19.3 Å². The lowest BCUT2D eigenvalue weighted by Crippen LogP contribution is -2.19. The highest BCUT2D eigenvalue weighted by Gasteiger charge is 2.15. The number of nitrogen functional groups attached to an aromatic ring is 1. The molecular weight excluding hydrogens is 300 g/mol. The molecule has 1 heterocycles. The zero-order valence-electron chi connectivity index (χ0n) is 10.2. The maximum absolute atomic E-state index is 11.8. The van der Waals surface area contributed by atoms with Crippen LogP contribution in [-0.2, 0) is 21.2 Å². The Morgan fingerprint density at radius 1 is 1.35 bits per heavy atom. The number of aromatic nitrogens is 1. The summed E-state index contributed by atoms with van der Waals surface area (Å²) in [5, 5.41) is 9.62. The maximum atomic E-state index is 11.8. The number of hydrogen-bond acceptors (Lipinski definition) is 6. The van der Waals surface area contributed by atoms with Gasteiger partial charge in [-0.1, -0.05) is 12.1 Å². The summed E-state index contributed by atoms with van der Waals surface area (Å²) in [6, 6.07) is 5.92. The summed E-state index contributed by atoms with van der Waals surface area (Å²) < 4.78 is 22.8. The zero-order chi connectivity index (χ0) is 14.8. The Hall–Kier alpha value is -1.97. The van der Waals surface area contributed by atoms with Crippen LogP contribution in [0.15, 0.2) is 34.5 Å². The minimum atomic E-state index is -3.90. The highest BCUT2D eigenvalue weighted by molar-refractivity contribution is 7.89. The van der Waals surface area contributed by atoms with Gasteiger partial charge in [-0.2, -0.15) is 0 Å². The van der Waals surface area contributed by atoms with E-state index in [1.54, 1.807) is 11.4 Å². The number of hydrogen-bond donors (Lipinski definition) is 3. The van der Waals surface area contributed by atoms with Gasteiger partial charge >= 0.3 is 0 Å². The second kappa shape index (κ2) is 5.57. The quantitative estimate of drug-likeness (QED) is 0.759. The van der Waals surface area contributed by atoms with Crippen LogP contribution in [0.4, 0.5) is 10.8 Å². The maximum Gasteiger partial charge on any atom is 0.240 e. The average molecular weight is 312 g/mol. The van der Waals surface area contributed by atoms with Crippen molar-refractivity contribution in [1.29, 1.82) is 0 Å². The number of primary sulfonamides is 1. The third-order valence-electron chi connectivity index (χ3n) is 2.38. The van der Waals surface area contributed by atoms with Gasteiger partial charge < -0.3 is 11.1 Å². The van der Waals surface area contributed by atoms with Crippen molar-refractivity contribution in [3.05, 3.63) is 35.3 Å². The Bertz CT molecular complexity index is 740. The van der Waals surface area contributed by atoms with Crippen molar-refractivity contribution in [3.8, 4) is 0 Å². The van der Waals surface area contributed by atoms with Crippen LogP contribution in [0, 0.1) is 0 Å². The van der Waals surface area contributed by atoms with Crippen molar-refractivity contribution < 1.29 is 13.2 Å². The molecule has 0 aliphatic heterocycles. The minimum Gasteiger partial charge on any atom is -0.375 e. The minimum absolute atomic E-state index is 0.00660. The lowest BCUT2D eigenvalue weighted by atomic mass is 10.3. The first-order valence-corrected chi connectivity index (χ1v) is 7.90. The van der Waals surface area contributed by atoms with Crippen LogP contribution in [0.25, 0.3) is 0 Å². The highest BCUT2D eigenvalue weighted by atomic mass is 32.2. The summed E-state index contributed by atoms with van der Waals surface area (Å²) in [4.78, 5) is 15.7. The molecule has 2 aromatic rings.